The molecule has 3 aromatic heterocycles. The molecule has 314 valence electrons. The molecular weight excluding hydrogens is 820 g/mol. The maximum Gasteiger partial charge on any atom is 0.473 e. The number of aliphatic hydroxyl groups is 6. The average Bonchev–Trinajstić information content (AvgIpc) is 3.70. The molecule has 0 amide bonds. The van der Waals surface area contributed by atoms with E-state index in [4.69, 9.17) is 33.5 Å². The van der Waals surface area contributed by atoms with E-state index in [-0.39, 0.29) is 5.82 Å². The summed E-state index contributed by atoms with van der Waals surface area (Å²) < 4.78 is 60.5. The van der Waals surface area contributed by atoms with Crippen LogP contribution in [0.15, 0.2) is 60.8 Å². The van der Waals surface area contributed by atoms with Gasteiger partial charge in [-0.25, -0.2) is 18.9 Å². The highest BCUT2D eigenvalue weighted by Gasteiger charge is 2.57. The fourth-order valence-electron chi connectivity index (χ4n) is 6.11. The van der Waals surface area contributed by atoms with Gasteiger partial charge in [0.1, 0.15) is 60.8 Å². The maximum atomic E-state index is 13.9. The Hall–Kier alpha value is -4.06. The fourth-order valence-corrected chi connectivity index (χ4v) is 8.86. The number of hydrogen-bond donors (Lipinski definition) is 11. The molecule has 0 saturated carbocycles. The zero-order valence-electron chi connectivity index (χ0n) is 28.5. The van der Waals surface area contributed by atoms with Gasteiger partial charge in [0.25, 0.3) is 11.1 Å². The van der Waals surface area contributed by atoms with Gasteiger partial charge in [0.05, 0.1) is 13.2 Å². The van der Waals surface area contributed by atoms with Crippen LogP contribution < -0.4 is 33.9 Å². The largest absolute Gasteiger partial charge is 0.473 e. The molecule has 28 nitrogen and oxygen atoms in total. The van der Waals surface area contributed by atoms with Crippen molar-refractivity contribution in [3.05, 3.63) is 89.0 Å². The lowest BCUT2D eigenvalue weighted by Gasteiger charge is -2.30. The molecule has 0 spiro atoms. The number of nitrogen functional groups attached to an aromatic ring is 1. The monoisotopic (exact) mass is 855 g/mol. The predicted molar refractivity (Wildman–Crippen MR) is 180 cm³/mol. The molecule has 12 N–H and O–H groups in total. The number of nitrogens with one attached hydrogen (secondary N) is 2. The lowest BCUT2D eigenvalue weighted by molar-refractivity contribution is -0.0790. The summed E-state index contributed by atoms with van der Waals surface area (Å²) in [7, 11) is -11.5. The normalized spacial score (nSPS) is 34.2. The summed E-state index contributed by atoms with van der Waals surface area (Å²) in [4.78, 5) is 89.2. The Kier molecular flexibility index (Phi) is 12.2. The Balaban J connectivity index is 1.23. The zero-order valence-corrected chi connectivity index (χ0v) is 30.3. The van der Waals surface area contributed by atoms with Crippen LogP contribution in [-0.4, -0.2) is 143 Å². The smallest absolute Gasteiger partial charge is 0.387 e. The van der Waals surface area contributed by atoms with Gasteiger partial charge in [-0.15, -0.1) is 0 Å². The van der Waals surface area contributed by atoms with Gasteiger partial charge in [-0.05, 0) is 6.07 Å². The summed E-state index contributed by atoms with van der Waals surface area (Å²) in [5.74, 6) is -3.03. The van der Waals surface area contributed by atoms with Gasteiger partial charge in [-0.2, -0.15) is 4.98 Å². The third kappa shape index (κ3) is 8.71. The van der Waals surface area contributed by atoms with E-state index in [0.717, 1.165) is 35.3 Å². The maximum absolute atomic E-state index is 13.9. The van der Waals surface area contributed by atoms with Crippen LogP contribution in [0.4, 0.5) is 5.82 Å². The van der Waals surface area contributed by atoms with E-state index in [0.29, 0.717) is 9.13 Å². The Labute approximate surface area is 314 Å². The molecule has 3 aliphatic rings. The number of hydrogen-bond acceptors (Lipinski definition) is 21. The first-order valence-electron chi connectivity index (χ1n) is 16.3. The summed E-state index contributed by atoms with van der Waals surface area (Å²) >= 11 is 0. The van der Waals surface area contributed by atoms with Crippen molar-refractivity contribution in [3.8, 4) is 0 Å². The number of ether oxygens (including phenoxy) is 3. The van der Waals surface area contributed by atoms with E-state index in [1.54, 1.807) is 0 Å². The van der Waals surface area contributed by atoms with Crippen LogP contribution in [-0.2, 0) is 36.9 Å². The Morgan fingerprint density at radius 3 is 1.65 bits per heavy atom. The summed E-state index contributed by atoms with van der Waals surface area (Å²) in [5, 5.41) is 63.9. The molecule has 6 rings (SSSR count). The van der Waals surface area contributed by atoms with Gasteiger partial charge < -0.3 is 64.9 Å². The number of anilines is 1. The number of aliphatic hydroxyl groups excluding tert-OH is 6. The Morgan fingerprint density at radius 2 is 1.14 bits per heavy atom. The third-order valence-corrected chi connectivity index (χ3v) is 11.7. The summed E-state index contributed by atoms with van der Waals surface area (Å²) in [5.41, 5.74) is 0.509. The minimum atomic E-state index is -5.75. The van der Waals surface area contributed by atoms with Gasteiger partial charge >= 0.3 is 32.5 Å². The number of phosphoric acid groups is 1. The molecule has 30 heteroatoms. The van der Waals surface area contributed by atoms with Crippen LogP contribution in [0.5, 0.6) is 0 Å². The predicted octanol–water partition coefficient (Wildman–Crippen LogP) is -6.55. The molecule has 15 atom stereocenters. The zero-order chi connectivity index (χ0) is 41.7. The lowest BCUT2D eigenvalue weighted by Crippen LogP contribution is -2.41. The Morgan fingerprint density at radius 1 is 0.684 bits per heavy atom. The highest BCUT2D eigenvalue weighted by atomic mass is 31.2. The van der Waals surface area contributed by atoms with Gasteiger partial charge in [0, 0.05) is 30.7 Å². The van der Waals surface area contributed by atoms with Crippen LogP contribution in [0, 0.1) is 0 Å². The number of rotatable bonds is 13. The molecular formula is C27H35N7O21P2. The molecule has 0 aromatic carbocycles. The van der Waals surface area contributed by atoms with Crippen molar-refractivity contribution in [2.75, 3.05) is 18.9 Å². The van der Waals surface area contributed by atoms with E-state index < -0.39 is 136 Å². The van der Waals surface area contributed by atoms with E-state index in [1.807, 2.05) is 9.97 Å². The molecule has 0 radical (unpaired) electrons. The second kappa shape index (κ2) is 16.3. The van der Waals surface area contributed by atoms with Gasteiger partial charge in [0.15, 0.2) is 24.5 Å². The van der Waals surface area contributed by atoms with Crippen LogP contribution in [0.25, 0.3) is 0 Å². The van der Waals surface area contributed by atoms with Gasteiger partial charge in [-0.1, -0.05) is 0 Å². The molecule has 3 saturated heterocycles. The number of aromatic nitrogens is 6. The third-order valence-electron chi connectivity index (χ3n) is 9.00. The molecule has 2 unspecified atom stereocenters. The number of phosphoric ester groups is 1. The summed E-state index contributed by atoms with van der Waals surface area (Å²) in [6, 6.07) is 2.88. The van der Waals surface area contributed by atoms with Gasteiger partial charge in [0.2, 0.25) is 0 Å². The molecule has 57 heavy (non-hydrogen) atoms. The molecule has 6 heterocycles. The lowest BCUT2D eigenvalue weighted by atomic mass is 10.1. The number of nitrogens with two attached hydrogens (primary N) is 1. The minimum Gasteiger partial charge on any atom is -0.387 e. The van der Waals surface area contributed by atoms with Crippen molar-refractivity contribution in [3.63, 3.8) is 0 Å². The SMILES string of the molecule is Nc1ccn([C@@H]2O[C@H](COP(=O)(O)O[C@@H]([C@H]3O[C@@H](n4ccc(=O)[nH]c4=O)[C@H](O)[C@@H]3O)P(=O)(O)OC[C@H]3O[C@@H](n4ccc(=O)[nH]c4=O)[C@H](O)[C@@H]3O)[C@@H](O)[C@H]2O)c(=O)n1. The van der Waals surface area contributed by atoms with Crippen LogP contribution in [0.3, 0.4) is 0 Å². The molecule has 0 bridgehead atoms. The number of nitrogens with zero attached hydrogens (tertiary/aromatic N) is 4. The van der Waals surface area contributed by atoms with Gasteiger partial charge in [-0.3, -0.25) is 46.9 Å². The molecule has 0 aliphatic carbocycles. The summed E-state index contributed by atoms with van der Waals surface area (Å²) in [6.07, 6.45) is -20.3. The van der Waals surface area contributed by atoms with Crippen molar-refractivity contribution in [1.29, 1.82) is 0 Å². The molecule has 3 aromatic rings. The highest BCUT2D eigenvalue weighted by molar-refractivity contribution is 7.55. The molecule has 3 fully saturated rings. The molecule has 3 aliphatic heterocycles. The van der Waals surface area contributed by atoms with E-state index in [1.165, 1.54) is 6.07 Å². The fraction of sp³-hybridized carbons (Fsp3) is 0.556. The van der Waals surface area contributed by atoms with Crippen LogP contribution >= 0.6 is 15.4 Å². The van der Waals surface area contributed by atoms with Crippen molar-refractivity contribution in [2.45, 2.75) is 79.5 Å². The first kappa shape index (κ1) is 42.5. The van der Waals surface area contributed by atoms with Crippen molar-refractivity contribution in [2.24, 2.45) is 0 Å². The van der Waals surface area contributed by atoms with Crippen molar-refractivity contribution < 1.29 is 77.3 Å². The first-order valence-corrected chi connectivity index (χ1v) is 19.5. The van der Waals surface area contributed by atoms with Crippen LogP contribution in [0.2, 0.25) is 0 Å². The Bertz CT molecular complexity index is 2350. The standard InChI is InChI=1S/C27H35N7O21P2/c28-11-1-4-32(25(43)29-11)21-18(41)15(38)10(53-21)8-51-57(48,49)55-24(20-16(39)19(42)23(54-20)34-6-3-13(36)31-27(34)45)56(46,47)50-7-9-14(37)17(40)22(52-9)33-5-2-12(35)30-26(33)44/h1-6,9-10,14-24,37-42H,7-8H2,(H,46,47)(H,48,49)(H2,28,29,43)(H,30,35,44)(H,31,36,45)/t9-,10-,14-,15-,16+,17-,18-,19-,20+,21-,22-,23-,24-/m1/s1. The van der Waals surface area contributed by atoms with Crippen LogP contribution in [0.1, 0.15) is 18.7 Å². The average molecular weight is 856 g/mol. The topological polar surface area (TPSA) is 422 Å². The van der Waals surface area contributed by atoms with E-state index in [2.05, 4.69) is 4.98 Å². The van der Waals surface area contributed by atoms with E-state index >= 15 is 0 Å². The first-order chi connectivity index (χ1) is 26.7. The number of aromatic amines is 2. The quantitative estimate of drug-likeness (QED) is 0.0712. The van der Waals surface area contributed by atoms with E-state index in [9.17, 15) is 73.5 Å². The highest BCUT2D eigenvalue weighted by Crippen LogP contribution is 2.59. The second-order valence-electron chi connectivity index (χ2n) is 12.8. The number of H-pyrrole nitrogens is 2. The van der Waals surface area contributed by atoms with Crippen molar-refractivity contribution in [1.82, 2.24) is 28.7 Å². The second-order valence-corrected chi connectivity index (χ2v) is 16.1. The minimum absolute atomic E-state index is 0.181. The summed E-state index contributed by atoms with van der Waals surface area (Å²) in [6.45, 7) is -2.29. The van der Waals surface area contributed by atoms with Crippen molar-refractivity contribution >= 4 is 21.2 Å².